The molecule has 102 valence electrons. The number of anilines is 1. The normalized spacial score (nSPS) is 17.1. The van der Waals surface area contributed by atoms with Crippen LogP contribution in [0.4, 0.5) is 5.69 Å². The number of aromatic nitrogens is 1. The molecule has 0 bridgehead atoms. The van der Waals surface area contributed by atoms with Crippen molar-refractivity contribution in [2.24, 2.45) is 11.1 Å². The molecule has 5 heteroatoms. The smallest absolute Gasteiger partial charge is 0.240 e. The summed E-state index contributed by atoms with van der Waals surface area (Å²) in [4.78, 5) is 19.0. The lowest BCUT2D eigenvalue weighted by atomic mass is 9.84. The lowest BCUT2D eigenvalue weighted by Gasteiger charge is -2.33. The van der Waals surface area contributed by atoms with Crippen molar-refractivity contribution >= 4 is 28.8 Å². The van der Waals surface area contributed by atoms with E-state index in [1.807, 2.05) is 19.1 Å². The van der Waals surface area contributed by atoms with Crippen molar-refractivity contribution in [1.29, 1.82) is 0 Å². The highest BCUT2D eigenvalue weighted by molar-refractivity contribution is 7.80. The minimum atomic E-state index is -0.644. The first-order valence-corrected chi connectivity index (χ1v) is 7.04. The van der Waals surface area contributed by atoms with Crippen molar-refractivity contribution in [2.45, 2.75) is 32.6 Å². The van der Waals surface area contributed by atoms with Gasteiger partial charge in [-0.3, -0.25) is 9.78 Å². The van der Waals surface area contributed by atoms with Crippen molar-refractivity contribution in [3.63, 3.8) is 0 Å². The van der Waals surface area contributed by atoms with Crippen LogP contribution in [0.2, 0.25) is 0 Å². The molecule has 0 unspecified atom stereocenters. The molecule has 1 heterocycles. The van der Waals surface area contributed by atoms with E-state index in [0.717, 1.165) is 31.4 Å². The highest BCUT2D eigenvalue weighted by Crippen LogP contribution is 2.40. The van der Waals surface area contributed by atoms with Crippen molar-refractivity contribution in [3.05, 3.63) is 24.5 Å². The number of amides is 1. The van der Waals surface area contributed by atoms with Crippen LogP contribution in [0.15, 0.2) is 24.5 Å². The first kappa shape index (κ1) is 13.9. The first-order chi connectivity index (χ1) is 9.12. The van der Waals surface area contributed by atoms with Crippen LogP contribution in [0, 0.1) is 5.41 Å². The topological polar surface area (TPSA) is 59.2 Å². The average Bonchev–Trinajstić information content (AvgIpc) is 2.91. The molecule has 0 spiro atoms. The molecule has 1 aromatic rings. The Morgan fingerprint density at radius 2 is 2.00 bits per heavy atom. The van der Waals surface area contributed by atoms with Gasteiger partial charge in [-0.1, -0.05) is 25.1 Å². The molecule has 0 atom stereocenters. The summed E-state index contributed by atoms with van der Waals surface area (Å²) in [5.41, 5.74) is 6.08. The lowest BCUT2D eigenvalue weighted by Crippen LogP contribution is -2.49. The van der Waals surface area contributed by atoms with E-state index in [-0.39, 0.29) is 5.91 Å². The van der Waals surface area contributed by atoms with E-state index in [9.17, 15) is 4.79 Å². The van der Waals surface area contributed by atoms with Gasteiger partial charge in [-0.2, -0.15) is 0 Å². The summed E-state index contributed by atoms with van der Waals surface area (Å²) >= 11 is 5.18. The number of nitrogens with zero attached hydrogens (tertiary/aromatic N) is 2. The predicted octanol–water partition coefficient (Wildman–Crippen LogP) is 2.28. The van der Waals surface area contributed by atoms with Crippen LogP contribution in [-0.2, 0) is 4.79 Å². The third-order valence-electron chi connectivity index (χ3n) is 3.87. The average molecular weight is 277 g/mol. The lowest BCUT2D eigenvalue weighted by molar-refractivity contribution is -0.124. The summed E-state index contributed by atoms with van der Waals surface area (Å²) in [5, 5.41) is 0. The van der Waals surface area contributed by atoms with Crippen molar-refractivity contribution < 1.29 is 4.79 Å². The highest BCUT2D eigenvalue weighted by Gasteiger charge is 2.46. The number of pyridine rings is 1. The molecule has 1 aromatic heterocycles. The Labute approximate surface area is 119 Å². The van der Waals surface area contributed by atoms with Gasteiger partial charge < -0.3 is 10.6 Å². The van der Waals surface area contributed by atoms with Gasteiger partial charge in [0, 0.05) is 24.6 Å². The van der Waals surface area contributed by atoms with Crippen molar-refractivity contribution in [2.75, 3.05) is 11.4 Å². The zero-order valence-electron chi connectivity index (χ0n) is 11.1. The molecular formula is C14H19N3OS. The number of hydrogen-bond acceptors (Lipinski definition) is 3. The van der Waals surface area contributed by atoms with E-state index in [1.54, 1.807) is 17.3 Å². The van der Waals surface area contributed by atoms with Crippen LogP contribution in [0.1, 0.15) is 32.6 Å². The summed E-state index contributed by atoms with van der Waals surface area (Å²) in [6.07, 6.45) is 6.93. The molecule has 0 aromatic carbocycles. The SMILES string of the molecule is CCN(C(=O)C1(C(N)=S)CCCC1)c1ccncc1. The fourth-order valence-electron chi connectivity index (χ4n) is 2.77. The zero-order chi connectivity index (χ0) is 13.9. The van der Waals surface area contributed by atoms with Gasteiger partial charge in [0.05, 0.1) is 10.4 Å². The van der Waals surface area contributed by atoms with Crippen LogP contribution >= 0.6 is 12.2 Å². The molecule has 1 saturated carbocycles. The maximum Gasteiger partial charge on any atom is 0.240 e. The number of thiocarbonyl (C=S) groups is 1. The maximum absolute atomic E-state index is 12.9. The largest absolute Gasteiger partial charge is 0.392 e. The molecule has 4 nitrogen and oxygen atoms in total. The van der Waals surface area contributed by atoms with Gasteiger partial charge in [0.15, 0.2) is 0 Å². The number of nitrogens with two attached hydrogens (primary N) is 1. The summed E-state index contributed by atoms with van der Waals surface area (Å²) in [7, 11) is 0. The van der Waals surface area contributed by atoms with Crippen LogP contribution in [0.25, 0.3) is 0 Å². The summed E-state index contributed by atoms with van der Waals surface area (Å²) < 4.78 is 0. The van der Waals surface area contributed by atoms with E-state index in [1.165, 1.54) is 0 Å². The standard InChI is InChI=1S/C14H19N3OS/c1-2-17(11-5-9-16-10-6-11)13(18)14(12(15)19)7-3-4-8-14/h5-6,9-10H,2-4,7-8H2,1H3,(H2,15,19). The van der Waals surface area contributed by atoms with Gasteiger partial charge in [0.1, 0.15) is 0 Å². The molecule has 1 aliphatic rings. The predicted molar refractivity (Wildman–Crippen MR) is 80.0 cm³/mol. The van der Waals surface area contributed by atoms with Crippen molar-refractivity contribution in [3.8, 4) is 0 Å². The Balaban J connectivity index is 2.33. The van der Waals surface area contributed by atoms with E-state index >= 15 is 0 Å². The van der Waals surface area contributed by atoms with Crippen LogP contribution in [0.5, 0.6) is 0 Å². The monoisotopic (exact) mass is 277 g/mol. The van der Waals surface area contributed by atoms with E-state index in [2.05, 4.69) is 4.98 Å². The van der Waals surface area contributed by atoms with Gasteiger partial charge in [-0.05, 0) is 31.9 Å². The third kappa shape index (κ3) is 2.47. The summed E-state index contributed by atoms with van der Waals surface area (Å²) in [6, 6.07) is 3.67. The molecule has 2 rings (SSSR count). The minimum absolute atomic E-state index is 0.0335. The van der Waals surface area contributed by atoms with Crippen LogP contribution in [0.3, 0.4) is 0 Å². The number of carbonyl (C=O) groups is 1. The maximum atomic E-state index is 12.9. The van der Waals surface area contributed by atoms with Crippen LogP contribution < -0.4 is 10.6 Å². The van der Waals surface area contributed by atoms with E-state index in [0.29, 0.717) is 11.5 Å². The van der Waals surface area contributed by atoms with Gasteiger partial charge in [-0.25, -0.2) is 0 Å². The minimum Gasteiger partial charge on any atom is -0.392 e. The number of carbonyl (C=O) groups excluding carboxylic acids is 1. The molecule has 0 radical (unpaired) electrons. The summed E-state index contributed by atoms with van der Waals surface area (Å²) in [5.74, 6) is 0.0335. The third-order valence-corrected chi connectivity index (χ3v) is 4.26. The van der Waals surface area contributed by atoms with E-state index in [4.69, 9.17) is 18.0 Å². The van der Waals surface area contributed by atoms with Crippen LogP contribution in [-0.4, -0.2) is 22.4 Å². The van der Waals surface area contributed by atoms with Gasteiger partial charge in [-0.15, -0.1) is 0 Å². The Morgan fingerprint density at radius 1 is 1.42 bits per heavy atom. The Bertz CT molecular complexity index is 469. The fraction of sp³-hybridized carbons (Fsp3) is 0.500. The molecule has 0 aliphatic heterocycles. The second kappa shape index (κ2) is 5.65. The molecule has 19 heavy (non-hydrogen) atoms. The molecular weight excluding hydrogens is 258 g/mol. The quantitative estimate of drug-likeness (QED) is 0.858. The Hall–Kier alpha value is -1.49. The molecule has 0 saturated heterocycles. The summed E-state index contributed by atoms with van der Waals surface area (Å²) in [6.45, 7) is 2.56. The van der Waals surface area contributed by atoms with E-state index < -0.39 is 5.41 Å². The zero-order valence-corrected chi connectivity index (χ0v) is 11.9. The second-order valence-corrected chi connectivity index (χ2v) is 5.35. The molecule has 2 N–H and O–H groups in total. The van der Waals surface area contributed by atoms with Gasteiger partial charge in [0.25, 0.3) is 0 Å². The highest BCUT2D eigenvalue weighted by atomic mass is 32.1. The van der Waals surface area contributed by atoms with Gasteiger partial charge >= 0.3 is 0 Å². The molecule has 1 aliphatic carbocycles. The number of rotatable bonds is 4. The Kier molecular flexibility index (Phi) is 4.14. The second-order valence-electron chi connectivity index (χ2n) is 4.91. The van der Waals surface area contributed by atoms with Crippen molar-refractivity contribution in [1.82, 2.24) is 4.98 Å². The molecule has 1 fully saturated rings. The Morgan fingerprint density at radius 3 is 2.47 bits per heavy atom. The first-order valence-electron chi connectivity index (χ1n) is 6.63. The fourth-order valence-corrected chi connectivity index (χ4v) is 3.06. The van der Waals surface area contributed by atoms with Gasteiger partial charge in [0.2, 0.25) is 5.91 Å². The number of hydrogen-bond donors (Lipinski definition) is 1. The molecule has 1 amide bonds.